The number of ether oxygens (including phenoxy) is 3. The standard InChI is InChI=1S/C20H22O4/c1-22-12-3-4-13-14(6-12)16-17-18(13)24-15-9-19(16)8-11(21)5-10(19)7-20(15,17)23-2/h3-4,6,10,15-18H,5,7-9H2,1-2H3/t10-,15?,16?,17?,18-,19-,20+/m0/s1. The van der Waals surface area contributed by atoms with Gasteiger partial charge in [0.15, 0.2) is 0 Å². The van der Waals surface area contributed by atoms with Gasteiger partial charge in [-0.3, -0.25) is 4.79 Å². The molecule has 0 N–H and O–H groups in total. The van der Waals surface area contributed by atoms with Gasteiger partial charge in [-0.1, -0.05) is 6.07 Å². The molecular formula is C20H22O4. The topological polar surface area (TPSA) is 44.8 Å². The number of benzene rings is 1. The number of carbonyl (C=O) groups excluding carboxylic acids is 1. The predicted octanol–water partition coefficient (Wildman–Crippen LogP) is 3.01. The number of hydrogen-bond acceptors (Lipinski definition) is 4. The maximum atomic E-state index is 12.4. The summed E-state index contributed by atoms with van der Waals surface area (Å²) in [5.41, 5.74) is 2.52. The molecule has 1 aromatic carbocycles. The van der Waals surface area contributed by atoms with Crippen molar-refractivity contribution in [2.24, 2.45) is 17.3 Å². The summed E-state index contributed by atoms with van der Waals surface area (Å²) in [7, 11) is 3.56. The fourth-order valence-corrected chi connectivity index (χ4v) is 7.28. The number of carbonyl (C=O) groups is 1. The molecule has 5 aliphatic carbocycles. The summed E-state index contributed by atoms with van der Waals surface area (Å²) in [6, 6.07) is 6.40. The van der Waals surface area contributed by atoms with Crippen molar-refractivity contribution in [2.75, 3.05) is 14.2 Å². The first-order valence-electron chi connectivity index (χ1n) is 9.03. The molecule has 4 bridgehead atoms. The van der Waals surface area contributed by atoms with E-state index in [2.05, 4.69) is 12.1 Å². The lowest BCUT2D eigenvalue weighted by molar-refractivity contribution is -0.198. The summed E-state index contributed by atoms with van der Waals surface area (Å²) in [4.78, 5) is 12.4. The molecule has 1 spiro atoms. The van der Waals surface area contributed by atoms with Gasteiger partial charge in [0.05, 0.1) is 19.3 Å². The van der Waals surface area contributed by atoms with Gasteiger partial charge in [0.2, 0.25) is 0 Å². The maximum absolute atomic E-state index is 12.4. The smallest absolute Gasteiger partial charge is 0.133 e. The van der Waals surface area contributed by atoms with Crippen molar-refractivity contribution in [2.45, 2.75) is 49.4 Å². The second kappa shape index (κ2) is 4.05. The van der Waals surface area contributed by atoms with Crippen LogP contribution in [0.2, 0.25) is 0 Å². The fourth-order valence-electron chi connectivity index (χ4n) is 7.28. The van der Waals surface area contributed by atoms with E-state index in [9.17, 15) is 4.79 Å². The van der Waals surface area contributed by atoms with Crippen LogP contribution in [0.15, 0.2) is 18.2 Å². The lowest BCUT2D eigenvalue weighted by atomic mass is 9.45. The minimum absolute atomic E-state index is 0.0824. The van der Waals surface area contributed by atoms with Gasteiger partial charge in [-0.2, -0.15) is 0 Å². The van der Waals surface area contributed by atoms with Crippen LogP contribution in [0.1, 0.15) is 48.8 Å². The highest BCUT2D eigenvalue weighted by atomic mass is 16.6. The van der Waals surface area contributed by atoms with E-state index in [1.807, 2.05) is 13.2 Å². The van der Waals surface area contributed by atoms with Gasteiger partial charge in [0.1, 0.15) is 17.1 Å². The van der Waals surface area contributed by atoms with Crippen LogP contribution in [-0.2, 0) is 14.3 Å². The zero-order chi connectivity index (χ0) is 16.3. The van der Waals surface area contributed by atoms with Crippen molar-refractivity contribution in [1.82, 2.24) is 0 Å². The van der Waals surface area contributed by atoms with Crippen LogP contribution in [0.3, 0.4) is 0 Å². The Kier molecular flexibility index (Phi) is 2.34. The van der Waals surface area contributed by atoms with Gasteiger partial charge in [-0.05, 0) is 53.4 Å². The number of Topliss-reactive ketones (excluding diaryl/α,β-unsaturated/α-hetero) is 1. The average molecular weight is 326 g/mol. The summed E-state index contributed by atoms with van der Waals surface area (Å²) in [5.74, 6) is 2.50. The van der Waals surface area contributed by atoms with E-state index in [0.29, 0.717) is 23.5 Å². The molecule has 7 atom stereocenters. The summed E-state index contributed by atoms with van der Waals surface area (Å²) in [6.07, 6.45) is 3.68. The van der Waals surface area contributed by atoms with Crippen LogP contribution >= 0.6 is 0 Å². The van der Waals surface area contributed by atoms with Crippen molar-refractivity contribution in [3.8, 4) is 5.75 Å². The zero-order valence-electron chi connectivity index (χ0n) is 14.1. The van der Waals surface area contributed by atoms with Gasteiger partial charge in [0, 0.05) is 25.9 Å². The predicted molar refractivity (Wildman–Crippen MR) is 86.0 cm³/mol. The van der Waals surface area contributed by atoms with E-state index in [-0.39, 0.29) is 23.2 Å². The molecule has 4 heteroatoms. The molecule has 0 amide bonds. The molecule has 1 aliphatic heterocycles. The van der Waals surface area contributed by atoms with E-state index in [0.717, 1.165) is 31.4 Å². The Labute approximate surface area is 141 Å². The molecule has 4 nitrogen and oxygen atoms in total. The number of hydrogen-bond donors (Lipinski definition) is 0. The molecule has 5 fully saturated rings. The Morgan fingerprint density at radius 3 is 2.88 bits per heavy atom. The first-order valence-corrected chi connectivity index (χ1v) is 9.03. The normalized spacial score (nSPS) is 49.4. The molecule has 1 saturated heterocycles. The van der Waals surface area contributed by atoms with Crippen molar-refractivity contribution in [3.63, 3.8) is 0 Å². The molecule has 126 valence electrons. The van der Waals surface area contributed by atoms with Crippen LogP contribution < -0.4 is 4.74 Å². The SMILES string of the molecule is COc1ccc2c(c1)C1C3[C@H]2OC2C[C@]14CC(=O)C[C@H]4C[C@@]23OC. The second-order valence-corrected chi connectivity index (χ2v) is 8.46. The Bertz CT molecular complexity index is 773. The number of ketones is 1. The van der Waals surface area contributed by atoms with E-state index >= 15 is 0 Å². The summed E-state index contributed by atoms with van der Waals surface area (Å²) < 4.78 is 18.2. The van der Waals surface area contributed by atoms with Crippen LogP contribution in [0.5, 0.6) is 5.75 Å². The van der Waals surface area contributed by atoms with Crippen LogP contribution in [0.4, 0.5) is 0 Å². The van der Waals surface area contributed by atoms with Crippen molar-refractivity contribution >= 4 is 5.78 Å². The second-order valence-electron chi connectivity index (χ2n) is 8.46. The van der Waals surface area contributed by atoms with E-state index in [1.165, 1.54) is 11.1 Å². The largest absolute Gasteiger partial charge is 0.497 e. The third-order valence-corrected chi connectivity index (χ3v) is 7.98. The maximum Gasteiger partial charge on any atom is 0.133 e. The van der Waals surface area contributed by atoms with Gasteiger partial charge >= 0.3 is 0 Å². The minimum atomic E-state index is -0.210. The summed E-state index contributed by atoms with van der Waals surface area (Å²) >= 11 is 0. The van der Waals surface area contributed by atoms with Crippen LogP contribution in [0, 0.1) is 17.3 Å². The van der Waals surface area contributed by atoms with Crippen molar-refractivity contribution < 1.29 is 19.0 Å². The van der Waals surface area contributed by atoms with Crippen molar-refractivity contribution in [3.05, 3.63) is 29.3 Å². The first-order chi connectivity index (χ1) is 11.6. The molecule has 0 aromatic heterocycles. The molecule has 4 saturated carbocycles. The molecular weight excluding hydrogens is 304 g/mol. The molecule has 24 heavy (non-hydrogen) atoms. The minimum Gasteiger partial charge on any atom is -0.497 e. The average Bonchev–Trinajstić information content (AvgIpc) is 3.15. The number of fused-ring (bicyclic) bond motifs is 2. The fraction of sp³-hybridized carbons (Fsp3) is 0.650. The first kappa shape index (κ1) is 13.9. The third kappa shape index (κ3) is 1.25. The lowest BCUT2D eigenvalue weighted by Crippen LogP contribution is -2.63. The van der Waals surface area contributed by atoms with E-state index in [1.54, 1.807) is 7.11 Å². The van der Waals surface area contributed by atoms with Gasteiger partial charge in [-0.15, -0.1) is 0 Å². The van der Waals surface area contributed by atoms with Crippen LogP contribution in [-0.4, -0.2) is 31.7 Å². The number of rotatable bonds is 2. The Hall–Kier alpha value is -1.39. The molecule has 7 rings (SSSR count). The molecule has 3 unspecified atom stereocenters. The highest BCUT2D eigenvalue weighted by Gasteiger charge is 2.78. The monoisotopic (exact) mass is 326 g/mol. The molecule has 1 heterocycles. The van der Waals surface area contributed by atoms with Gasteiger partial charge < -0.3 is 14.2 Å². The summed E-state index contributed by atoms with van der Waals surface area (Å²) in [6.45, 7) is 0. The van der Waals surface area contributed by atoms with Gasteiger partial charge in [0.25, 0.3) is 0 Å². The number of methoxy groups -OCH3 is 2. The Morgan fingerprint density at radius 1 is 1.21 bits per heavy atom. The third-order valence-electron chi connectivity index (χ3n) is 7.98. The highest BCUT2D eigenvalue weighted by Crippen LogP contribution is 2.78. The van der Waals surface area contributed by atoms with Gasteiger partial charge in [-0.25, -0.2) is 0 Å². The van der Waals surface area contributed by atoms with E-state index in [4.69, 9.17) is 14.2 Å². The highest BCUT2D eigenvalue weighted by molar-refractivity contribution is 5.83. The molecule has 6 aliphatic rings. The van der Waals surface area contributed by atoms with Crippen molar-refractivity contribution in [1.29, 1.82) is 0 Å². The Balaban J connectivity index is 1.62. The quantitative estimate of drug-likeness (QED) is 0.838. The van der Waals surface area contributed by atoms with E-state index < -0.39 is 0 Å². The lowest BCUT2D eigenvalue weighted by Gasteiger charge is -2.61. The Morgan fingerprint density at radius 2 is 2.08 bits per heavy atom. The summed E-state index contributed by atoms with van der Waals surface area (Å²) in [5, 5.41) is 0. The molecule has 0 radical (unpaired) electrons. The molecule has 1 aromatic rings. The van der Waals surface area contributed by atoms with Crippen LogP contribution in [0.25, 0.3) is 0 Å². The zero-order valence-corrected chi connectivity index (χ0v) is 14.1.